The van der Waals surface area contributed by atoms with Crippen LogP contribution in [0, 0.1) is 0 Å². The van der Waals surface area contributed by atoms with E-state index in [0.29, 0.717) is 0 Å². The Hall–Kier alpha value is -0.120. The summed E-state index contributed by atoms with van der Waals surface area (Å²) in [5, 5.41) is 6.83. The van der Waals surface area contributed by atoms with Gasteiger partial charge in [0.15, 0.2) is 0 Å². The fraction of sp³-hybridized carbons (Fsp3) is 1.00. The lowest BCUT2D eigenvalue weighted by molar-refractivity contribution is 0.167. The number of hydrogen-bond donors (Lipinski definition) is 2. The van der Waals surface area contributed by atoms with E-state index in [9.17, 15) is 0 Å². The molecular weight excluding hydrogens is 150 g/mol. The van der Waals surface area contributed by atoms with Gasteiger partial charge < -0.3 is 10.6 Å². The zero-order valence-electron chi connectivity index (χ0n) is 7.84. The Bertz CT molecular complexity index is 139. The molecule has 70 valence electrons. The normalized spacial score (nSPS) is 31.0. The molecule has 3 heteroatoms. The third kappa shape index (κ3) is 1.79. The van der Waals surface area contributed by atoms with Crippen molar-refractivity contribution in [2.24, 2.45) is 0 Å². The molecule has 2 saturated heterocycles. The van der Waals surface area contributed by atoms with Crippen LogP contribution in [-0.4, -0.2) is 50.2 Å². The topological polar surface area (TPSA) is 27.3 Å². The summed E-state index contributed by atoms with van der Waals surface area (Å²) in [5.41, 5.74) is 0. The van der Waals surface area contributed by atoms with E-state index in [4.69, 9.17) is 0 Å². The van der Waals surface area contributed by atoms with Gasteiger partial charge in [-0.2, -0.15) is 0 Å². The van der Waals surface area contributed by atoms with Gasteiger partial charge in [-0.3, -0.25) is 4.90 Å². The van der Waals surface area contributed by atoms with Crippen molar-refractivity contribution in [2.45, 2.75) is 24.9 Å². The lowest BCUT2D eigenvalue weighted by Crippen LogP contribution is -2.57. The van der Waals surface area contributed by atoms with Gasteiger partial charge in [0.1, 0.15) is 0 Å². The third-order valence-electron chi connectivity index (χ3n) is 3.05. The van der Waals surface area contributed by atoms with Crippen LogP contribution in [0.15, 0.2) is 0 Å². The SMILES string of the molecule is CN(C[C@@H]1CCCN1)C1CNC1. The molecule has 0 bridgehead atoms. The summed E-state index contributed by atoms with van der Waals surface area (Å²) in [6.07, 6.45) is 2.73. The molecule has 0 aliphatic carbocycles. The summed E-state index contributed by atoms with van der Waals surface area (Å²) in [6, 6.07) is 1.56. The van der Waals surface area contributed by atoms with E-state index in [1.54, 1.807) is 0 Å². The van der Waals surface area contributed by atoms with Crippen molar-refractivity contribution in [3.05, 3.63) is 0 Å². The highest BCUT2D eigenvalue weighted by atomic mass is 15.2. The molecule has 2 N–H and O–H groups in total. The highest BCUT2D eigenvalue weighted by molar-refractivity contribution is 4.86. The molecule has 0 aromatic rings. The lowest BCUT2D eigenvalue weighted by atomic mass is 10.1. The van der Waals surface area contributed by atoms with E-state index in [1.807, 2.05) is 0 Å². The molecule has 2 aliphatic rings. The van der Waals surface area contributed by atoms with Gasteiger partial charge in [0, 0.05) is 31.7 Å². The molecule has 0 unspecified atom stereocenters. The van der Waals surface area contributed by atoms with E-state index >= 15 is 0 Å². The highest BCUT2D eigenvalue weighted by Gasteiger charge is 2.24. The fourth-order valence-corrected chi connectivity index (χ4v) is 1.99. The largest absolute Gasteiger partial charge is 0.314 e. The van der Waals surface area contributed by atoms with Crippen LogP contribution in [0.2, 0.25) is 0 Å². The second-order valence-electron chi connectivity index (χ2n) is 4.04. The van der Waals surface area contributed by atoms with Crippen LogP contribution in [0.4, 0.5) is 0 Å². The first-order valence-corrected chi connectivity index (χ1v) is 5.00. The summed E-state index contributed by atoms with van der Waals surface area (Å²) in [4.78, 5) is 2.49. The summed E-state index contributed by atoms with van der Waals surface area (Å²) in [6.45, 7) is 4.82. The summed E-state index contributed by atoms with van der Waals surface area (Å²) >= 11 is 0. The van der Waals surface area contributed by atoms with Gasteiger partial charge in [0.05, 0.1) is 0 Å². The van der Waals surface area contributed by atoms with Gasteiger partial charge in [-0.1, -0.05) is 0 Å². The van der Waals surface area contributed by atoms with Crippen LogP contribution < -0.4 is 10.6 Å². The molecule has 0 amide bonds. The van der Waals surface area contributed by atoms with Crippen molar-refractivity contribution >= 4 is 0 Å². The van der Waals surface area contributed by atoms with Gasteiger partial charge in [-0.15, -0.1) is 0 Å². The lowest BCUT2D eigenvalue weighted by Gasteiger charge is -2.36. The van der Waals surface area contributed by atoms with E-state index in [0.717, 1.165) is 12.1 Å². The number of nitrogens with one attached hydrogen (secondary N) is 2. The highest BCUT2D eigenvalue weighted by Crippen LogP contribution is 2.09. The molecular formula is C9H19N3. The molecule has 0 spiro atoms. The van der Waals surface area contributed by atoms with Crippen LogP contribution in [0.5, 0.6) is 0 Å². The van der Waals surface area contributed by atoms with E-state index in [-0.39, 0.29) is 0 Å². The third-order valence-corrected chi connectivity index (χ3v) is 3.05. The molecule has 0 aromatic heterocycles. The first-order valence-electron chi connectivity index (χ1n) is 5.00. The van der Waals surface area contributed by atoms with Crippen LogP contribution in [0.3, 0.4) is 0 Å². The minimum Gasteiger partial charge on any atom is -0.314 e. The average Bonchev–Trinajstić information content (AvgIpc) is 2.34. The molecule has 2 rings (SSSR count). The van der Waals surface area contributed by atoms with Crippen molar-refractivity contribution in [2.75, 3.05) is 33.2 Å². The van der Waals surface area contributed by atoms with Crippen LogP contribution in [-0.2, 0) is 0 Å². The molecule has 0 aromatic carbocycles. The molecule has 1 atom stereocenters. The Morgan fingerprint density at radius 2 is 2.25 bits per heavy atom. The van der Waals surface area contributed by atoms with Gasteiger partial charge in [-0.25, -0.2) is 0 Å². The van der Waals surface area contributed by atoms with E-state index in [1.165, 1.54) is 39.0 Å². The maximum atomic E-state index is 3.53. The van der Waals surface area contributed by atoms with Gasteiger partial charge in [0.2, 0.25) is 0 Å². The number of hydrogen-bond acceptors (Lipinski definition) is 3. The van der Waals surface area contributed by atoms with Crippen LogP contribution >= 0.6 is 0 Å². The standard InChI is InChI=1S/C9H19N3/c1-12(9-5-10-6-9)7-8-3-2-4-11-8/h8-11H,2-7H2,1H3/t8-/m0/s1. The number of likely N-dealkylation sites (N-methyl/N-ethyl adjacent to an activating group) is 1. The fourth-order valence-electron chi connectivity index (χ4n) is 1.99. The predicted molar refractivity (Wildman–Crippen MR) is 50.3 cm³/mol. The Balaban J connectivity index is 1.69. The predicted octanol–water partition coefficient (Wildman–Crippen LogP) is -0.358. The van der Waals surface area contributed by atoms with Gasteiger partial charge in [0.25, 0.3) is 0 Å². The van der Waals surface area contributed by atoms with Crippen molar-refractivity contribution < 1.29 is 0 Å². The van der Waals surface area contributed by atoms with Crippen molar-refractivity contribution in [1.82, 2.24) is 15.5 Å². The van der Waals surface area contributed by atoms with Crippen LogP contribution in [0.1, 0.15) is 12.8 Å². The smallest absolute Gasteiger partial charge is 0.0343 e. The second kappa shape index (κ2) is 3.73. The van der Waals surface area contributed by atoms with Crippen molar-refractivity contribution in [3.63, 3.8) is 0 Å². The molecule has 2 aliphatic heterocycles. The summed E-state index contributed by atoms with van der Waals surface area (Å²) in [5.74, 6) is 0. The Morgan fingerprint density at radius 1 is 1.42 bits per heavy atom. The minimum atomic E-state index is 0.760. The zero-order chi connectivity index (χ0) is 8.39. The van der Waals surface area contributed by atoms with Gasteiger partial charge >= 0.3 is 0 Å². The molecule has 2 heterocycles. The zero-order valence-corrected chi connectivity index (χ0v) is 7.84. The van der Waals surface area contributed by atoms with Crippen LogP contribution in [0.25, 0.3) is 0 Å². The van der Waals surface area contributed by atoms with E-state index < -0.39 is 0 Å². The number of nitrogens with zero attached hydrogens (tertiary/aromatic N) is 1. The maximum absolute atomic E-state index is 3.53. The first-order chi connectivity index (χ1) is 5.86. The van der Waals surface area contributed by atoms with E-state index in [2.05, 4.69) is 22.6 Å². The molecule has 12 heavy (non-hydrogen) atoms. The summed E-state index contributed by atoms with van der Waals surface area (Å²) in [7, 11) is 2.24. The number of rotatable bonds is 3. The quantitative estimate of drug-likeness (QED) is 0.604. The monoisotopic (exact) mass is 169 g/mol. The Kier molecular flexibility index (Phi) is 2.63. The first kappa shape index (κ1) is 8.48. The maximum Gasteiger partial charge on any atom is 0.0343 e. The Morgan fingerprint density at radius 3 is 2.75 bits per heavy atom. The van der Waals surface area contributed by atoms with Gasteiger partial charge in [-0.05, 0) is 26.4 Å². The molecule has 3 nitrogen and oxygen atoms in total. The summed E-state index contributed by atoms with van der Waals surface area (Å²) < 4.78 is 0. The molecule has 0 saturated carbocycles. The second-order valence-corrected chi connectivity index (χ2v) is 4.04. The molecule has 0 radical (unpaired) electrons. The Labute approximate surface area is 74.5 Å². The van der Waals surface area contributed by atoms with Crippen molar-refractivity contribution in [1.29, 1.82) is 0 Å². The molecule has 2 fully saturated rings. The average molecular weight is 169 g/mol. The van der Waals surface area contributed by atoms with Crippen molar-refractivity contribution in [3.8, 4) is 0 Å². The minimum absolute atomic E-state index is 0.760.